The highest BCUT2D eigenvalue weighted by Crippen LogP contribution is 2.22. The maximum atomic E-state index is 6.00. The summed E-state index contributed by atoms with van der Waals surface area (Å²) in [5.41, 5.74) is 8.32. The molecule has 114 valence electrons. The number of aryl methyl sites for hydroxylation is 1. The minimum atomic E-state index is 0.881. The fourth-order valence-corrected chi connectivity index (χ4v) is 2.98. The molecule has 0 aliphatic heterocycles. The Morgan fingerprint density at radius 2 is 1.52 bits per heavy atom. The van der Waals surface area contributed by atoms with Gasteiger partial charge in [0.25, 0.3) is 0 Å². The average molecular weight is 283 g/mol. The fraction of sp³-hybridized carbons (Fsp3) is 0.500. The van der Waals surface area contributed by atoms with Crippen molar-refractivity contribution in [3.8, 4) is 0 Å². The SMILES string of the molecule is CCCCCCCCCCc1ccc2c(N)cccc2c1. The quantitative estimate of drug-likeness (QED) is 0.436. The molecule has 0 heterocycles. The summed E-state index contributed by atoms with van der Waals surface area (Å²) in [6.45, 7) is 2.27. The van der Waals surface area contributed by atoms with Crippen LogP contribution in [0.5, 0.6) is 0 Å². The van der Waals surface area contributed by atoms with Crippen LogP contribution in [0.1, 0.15) is 63.9 Å². The minimum Gasteiger partial charge on any atom is -0.398 e. The predicted octanol–water partition coefficient (Wildman–Crippen LogP) is 6.11. The summed E-state index contributed by atoms with van der Waals surface area (Å²) in [7, 11) is 0. The lowest BCUT2D eigenvalue weighted by Crippen LogP contribution is -1.89. The molecule has 0 atom stereocenters. The highest BCUT2D eigenvalue weighted by atomic mass is 14.5. The molecular formula is C20H29N. The molecular weight excluding hydrogens is 254 g/mol. The van der Waals surface area contributed by atoms with Gasteiger partial charge in [-0.3, -0.25) is 0 Å². The van der Waals surface area contributed by atoms with E-state index in [9.17, 15) is 0 Å². The summed E-state index contributed by atoms with van der Waals surface area (Å²) in [6, 6.07) is 12.9. The lowest BCUT2D eigenvalue weighted by molar-refractivity contribution is 0.575. The summed E-state index contributed by atoms with van der Waals surface area (Å²) in [5.74, 6) is 0. The summed E-state index contributed by atoms with van der Waals surface area (Å²) in [5, 5.41) is 2.45. The average Bonchev–Trinajstić information content (AvgIpc) is 2.50. The first kappa shape index (κ1) is 15.9. The second-order valence-corrected chi connectivity index (χ2v) is 6.13. The zero-order valence-electron chi connectivity index (χ0n) is 13.4. The topological polar surface area (TPSA) is 26.0 Å². The monoisotopic (exact) mass is 283 g/mol. The van der Waals surface area contributed by atoms with Crippen molar-refractivity contribution in [3.63, 3.8) is 0 Å². The van der Waals surface area contributed by atoms with Crippen LogP contribution in [0.25, 0.3) is 10.8 Å². The van der Waals surface area contributed by atoms with Gasteiger partial charge in [0.15, 0.2) is 0 Å². The van der Waals surface area contributed by atoms with Crippen LogP contribution in [0.4, 0.5) is 5.69 Å². The van der Waals surface area contributed by atoms with Crippen LogP contribution >= 0.6 is 0 Å². The van der Waals surface area contributed by atoms with Gasteiger partial charge in [0.1, 0.15) is 0 Å². The van der Waals surface area contributed by atoms with Gasteiger partial charge in [-0.2, -0.15) is 0 Å². The minimum absolute atomic E-state index is 0.881. The van der Waals surface area contributed by atoms with Crippen LogP contribution in [0.15, 0.2) is 36.4 Å². The Hall–Kier alpha value is -1.50. The van der Waals surface area contributed by atoms with Crippen molar-refractivity contribution < 1.29 is 0 Å². The van der Waals surface area contributed by atoms with E-state index in [4.69, 9.17) is 5.73 Å². The van der Waals surface area contributed by atoms with Crippen molar-refractivity contribution in [3.05, 3.63) is 42.0 Å². The second-order valence-electron chi connectivity index (χ2n) is 6.13. The third-order valence-electron chi connectivity index (χ3n) is 4.30. The Morgan fingerprint density at radius 1 is 0.810 bits per heavy atom. The first-order valence-corrected chi connectivity index (χ1v) is 8.58. The van der Waals surface area contributed by atoms with Gasteiger partial charge in [0.05, 0.1) is 0 Å². The number of fused-ring (bicyclic) bond motifs is 1. The van der Waals surface area contributed by atoms with Crippen molar-refractivity contribution in [2.75, 3.05) is 5.73 Å². The van der Waals surface area contributed by atoms with Gasteiger partial charge in [-0.1, -0.05) is 82.2 Å². The molecule has 2 aromatic carbocycles. The van der Waals surface area contributed by atoms with Gasteiger partial charge in [-0.25, -0.2) is 0 Å². The van der Waals surface area contributed by atoms with Gasteiger partial charge in [-0.15, -0.1) is 0 Å². The molecule has 1 heteroatoms. The highest BCUT2D eigenvalue weighted by Gasteiger charge is 2.00. The van der Waals surface area contributed by atoms with Crippen molar-refractivity contribution >= 4 is 16.5 Å². The predicted molar refractivity (Wildman–Crippen MR) is 94.7 cm³/mol. The van der Waals surface area contributed by atoms with Crippen LogP contribution in [0.3, 0.4) is 0 Å². The third kappa shape index (κ3) is 5.08. The highest BCUT2D eigenvalue weighted by molar-refractivity contribution is 5.93. The zero-order valence-corrected chi connectivity index (χ0v) is 13.4. The van der Waals surface area contributed by atoms with Gasteiger partial charge in [0.2, 0.25) is 0 Å². The maximum Gasteiger partial charge on any atom is 0.0393 e. The molecule has 1 nitrogen and oxygen atoms in total. The van der Waals surface area contributed by atoms with E-state index in [1.54, 1.807) is 0 Å². The van der Waals surface area contributed by atoms with Gasteiger partial charge in [-0.05, 0) is 29.9 Å². The van der Waals surface area contributed by atoms with Crippen LogP contribution < -0.4 is 5.73 Å². The van der Waals surface area contributed by atoms with Crippen molar-refractivity contribution in [2.24, 2.45) is 0 Å². The first-order chi connectivity index (χ1) is 10.3. The van der Waals surface area contributed by atoms with Crippen molar-refractivity contribution in [1.82, 2.24) is 0 Å². The Balaban J connectivity index is 1.71. The number of hydrogen-bond acceptors (Lipinski definition) is 1. The molecule has 0 fully saturated rings. The molecule has 0 aliphatic carbocycles. The summed E-state index contributed by atoms with van der Waals surface area (Å²) >= 11 is 0. The lowest BCUT2D eigenvalue weighted by atomic mass is 10.0. The Labute approximate surface area is 129 Å². The molecule has 0 unspecified atom stereocenters. The van der Waals surface area contributed by atoms with E-state index in [0.717, 1.165) is 5.69 Å². The second kappa shape index (κ2) is 8.71. The number of benzene rings is 2. The van der Waals surface area contributed by atoms with Crippen LogP contribution in [-0.4, -0.2) is 0 Å². The molecule has 0 amide bonds. The van der Waals surface area contributed by atoms with Crippen molar-refractivity contribution in [2.45, 2.75) is 64.7 Å². The Bertz CT molecular complexity index is 545. The standard InChI is InChI=1S/C20H29N/c1-2-3-4-5-6-7-8-9-11-17-14-15-19-18(16-17)12-10-13-20(19)21/h10,12-16H,2-9,11,21H2,1H3. The normalized spacial score (nSPS) is 11.1. The Morgan fingerprint density at radius 3 is 2.29 bits per heavy atom. The van der Waals surface area contributed by atoms with Crippen LogP contribution in [0.2, 0.25) is 0 Å². The maximum absolute atomic E-state index is 6.00. The molecule has 2 rings (SSSR count). The third-order valence-corrected chi connectivity index (χ3v) is 4.30. The molecule has 0 spiro atoms. The van der Waals surface area contributed by atoms with Crippen molar-refractivity contribution in [1.29, 1.82) is 0 Å². The molecule has 0 saturated heterocycles. The number of nitrogen functional groups attached to an aromatic ring is 1. The molecule has 0 aromatic heterocycles. The zero-order chi connectivity index (χ0) is 14.9. The van der Waals surface area contributed by atoms with E-state index < -0.39 is 0 Å². The fourth-order valence-electron chi connectivity index (χ4n) is 2.98. The van der Waals surface area contributed by atoms with Crippen LogP contribution in [-0.2, 0) is 6.42 Å². The van der Waals surface area contributed by atoms with Crippen LogP contribution in [0, 0.1) is 0 Å². The smallest absolute Gasteiger partial charge is 0.0393 e. The molecule has 0 aliphatic rings. The first-order valence-electron chi connectivity index (χ1n) is 8.58. The number of hydrogen-bond donors (Lipinski definition) is 1. The van der Waals surface area contributed by atoms with Gasteiger partial charge < -0.3 is 5.73 Å². The largest absolute Gasteiger partial charge is 0.398 e. The molecule has 0 saturated carbocycles. The Kier molecular flexibility index (Phi) is 6.59. The number of rotatable bonds is 9. The molecule has 0 radical (unpaired) electrons. The van der Waals surface area contributed by atoms with E-state index in [0.29, 0.717) is 0 Å². The molecule has 2 N–H and O–H groups in total. The van der Waals surface area contributed by atoms with Gasteiger partial charge >= 0.3 is 0 Å². The summed E-state index contributed by atoms with van der Waals surface area (Å²) in [4.78, 5) is 0. The van der Waals surface area contributed by atoms with E-state index in [1.165, 1.54) is 74.1 Å². The molecule has 21 heavy (non-hydrogen) atoms. The summed E-state index contributed by atoms with van der Waals surface area (Å²) in [6.07, 6.45) is 12.2. The number of unbranched alkanes of at least 4 members (excludes halogenated alkanes) is 7. The molecule has 0 bridgehead atoms. The van der Waals surface area contributed by atoms with Gasteiger partial charge in [0, 0.05) is 11.1 Å². The van der Waals surface area contributed by atoms with E-state index in [1.807, 2.05) is 12.1 Å². The summed E-state index contributed by atoms with van der Waals surface area (Å²) < 4.78 is 0. The lowest BCUT2D eigenvalue weighted by Gasteiger charge is -2.06. The van der Waals surface area contributed by atoms with E-state index >= 15 is 0 Å². The van der Waals surface area contributed by atoms with E-state index in [2.05, 4.69) is 31.2 Å². The number of anilines is 1. The number of nitrogens with two attached hydrogens (primary N) is 1. The molecule has 2 aromatic rings. The van der Waals surface area contributed by atoms with E-state index in [-0.39, 0.29) is 0 Å².